The van der Waals surface area contributed by atoms with Gasteiger partial charge in [-0.3, -0.25) is 0 Å². The lowest BCUT2D eigenvalue weighted by atomic mass is 9.86. The van der Waals surface area contributed by atoms with E-state index in [0.717, 1.165) is 41.6 Å². The largest absolute Gasteiger partial charge is 0.314 e. The van der Waals surface area contributed by atoms with E-state index in [2.05, 4.69) is 34.8 Å². The molecular weight excluding hydrogens is 448 g/mol. The Morgan fingerprint density at radius 2 is 1.85 bits per heavy atom. The first-order valence-corrected chi connectivity index (χ1v) is 13.5. The zero-order valence-corrected chi connectivity index (χ0v) is 20.4. The van der Waals surface area contributed by atoms with Crippen molar-refractivity contribution in [2.75, 3.05) is 0 Å². The molecule has 0 bridgehead atoms. The number of fused-ring (bicyclic) bond motifs is 1. The lowest BCUT2D eigenvalue weighted by Gasteiger charge is -2.18. The summed E-state index contributed by atoms with van der Waals surface area (Å²) in [6, 6.07) is 19.1. The van der Waals surface area contributed by atoms with E-state index >= 15 is 0 Å². The zero-order chi connectivity index (χ0) is 23.0. The molecule has 1 aliphatic carbocycles. The maximum atomic E-state index is 13.2. The number of allylic oxidation sites excluding steroid dienone is 2. The van der Waals surface area contributed by atoms with Crippen molar-refractivity contribution < 1.29 is 8.42 Å². The second-order valence-electron chi connectivity index (χ2n) is 8.63. The van der Waals surface area contributed by atoms with Crippen LogP contribution in [0.1, 0.15) is 48.6 Å². The molecule has 0 spiro atoms. The van der Waals surface area contributed by atoms with E-state index < -0.39 is 10.0 Å². The van der Waals surface area contributed by atoms with Crippen LogP contribution >= 0.6 is 11.3 Å². The Labute approximate surface area is 199 Å². The highest BCUT2D eigenvalue weighted by Gasteiger charge is 2.26. The molecule has 33 heavy (non-hydrogen) atoms. The number of hydrogen-bond acceptors (Lipinski definition) is 3. The Morgan fingerprint density at radius 1 is 1.06 bits per heavy atom. The number of pyridine rings is 1. The molecule has 0 aliphatic heterocycles. The average Bonchev–Trinajstić information content (AvgIpc) is 3.46. The van der Waals surface area contributed by atoms with Gasteiger partial charge in [-0.15, -0.1) is 11.3 Å². The Bertz CT molecular complexity index is 1460. The molecule has 1 aromatic carbocycles. The summed E-state index contributed by atoms with van der Waals surface area (Å²) in [7, 11) is -3.84. The van der Waals surface area contributed by atoms with Crippen LogP contribution in [-0.2, 0) is 10.0 Å². The van der Waals surface area contributed by atoms with Gasteiger partial charge >= 0.3 is 0 Å². The quantitative estimate of drug-likeness (QED) is 0.301. The van der Waals surface area contributed by atoms with Gasteiger partial charge in [0.2, 0.25) is 0 Å². The fourth-order valence-corrected chi connectivity index (χ4v) is 6.61. The third-order valence-electron chi connectivity index (χ3n) is 6.31. The molecular formula is C27H26N2O2S2. The van der Waals surface area contributed by atoms with E-state index in [0.29, 0.717) is 11.6 Å². The van der Waals surface area contributed by atoms with Crippen molar-refractivity contribution in [1.29, 1.82) is 0 Å². The van der Waals surface area contributed by atoms with Gasteiger partial charge in [0.1, 0.15) is 9.92 Å². The smallest absolute Gasteiger partial charge is 0.292 e. The molecule has 0 N–H and O–H groups in total. The highest BCUT2D eigenvalue weighted by molar-refractivity contribution is 7.92. The van der Waals surface area contributed by atoms with E-state index in [9.17, 15) is 8.42 Å². The number of thiophene rings is 1. The second-order valence-corrected chi connectivity index (χ2v) is 11.4. The second kappa shape index (κ2) is 8.76. The molecule has 0 saturated heterocycles. The number of aromatic nitrogens is 1. The van der Waals surface area contributed by atoms with E-state index in [1.807, 2.05) is 48.7 Å². The van der Waals surface area contributed by atoms with Gasteiger partial charge in [0.15, 0.2) is 0 Å². The fraction of sp³-hybridized carbons (Fsp3) is 0.222. The third kappa shape index (κ3) is 4.09. The van der Waals surface area contributed by atoms with Crippen LogP contribution < -0.4 is 0 Å². The van der Waals surface area contributed by atoms with Gasteiger partial charge in [-0.05, 0) is 66.8 Å². The van der Waals surface area contributed by atoms with Crippen LogP contribution in [0.2, 0.25) is 0 Å². The Hall–Kier alpha value is -2.96. The van der Waals surface area contributed by atoms with Crippen LogP contribution in [0.25, 0.3) is 11.1 Å². The molecule has 1 atom stereocenters. The molecule has 0 saturated carbocycles. The molecule has 5 rings (SSSR count). The summed E-state index contributed by atoms with van der Waals surface area (Å²) < 4.78 is 33.3. The minimum Gasteiger partial charge on any atom is -0.314 e. The number of benzene rings is 1. The van der Waals surface area contributed by atoms with Crippen LogP contribution in [0.15, 0.2) is 86.9 Å². The van der Waals surface area contributed by atoms with Gasteiger partial charge < -0.3 is 4.40 Å². The molecule has 1 aliphatic rings. The maximum absolute atomic E-state index is 13.2. The first-order valence-electron chi connectivity index (χ1n) is 11.2. The summed E-state index contributed by atoms with van der Waals surface area (Å²) in [6.07, 6.45) is 7.62. The number of nitrogens with zero attached hydrogens (tertiary/aromatic N) is 2. The summed E-state index contributed by atoms with van der Waals surface area (Å²) in [4.78, 5) is 0. The van der Waals surface area contributed by atoms with Crippen molar-refractivity contribution in [3.8, 4) is 0 Å². The molecule has 4 aromatic rings. The summed E-state index contributed by atoms with van der Waals surface area (Å²) in [5.74, 6) is 0.694. The van der Waals surface area contributed by atoms with Gasteiger partial charge in [-0.2, -0.15) is 12.8 Å². The van der Waals surface area contributed by atoms with Gasteiger partial charge in [0.25, 0.3) is 10.0 Å². The van der Waals surface area contributed by atoms with Crippen LogP contribution in [-0.4, -0.2) is 18.5 Å². The topological polar surface area (TPSA) is 50.9 Å². The summed E-state index contributed by atoms with van der Waals surface area (Å²) in [6.45, 7) is 4.38. The van der Waals surface area contributed by atoms with E-state index in [1.54, 1.807) is 17.5 Å². The molecule has 6 heteroatoms. The molecule has 0 amide bonds. The zero-order valence-electron chi connectivity index (χ0n) is 18.7. The van der Waals surface area contributed by atoms with Gasteiger partial charge in [-0.1, -0.05) is 55.5 Å². The predicted molar refractivity (Wildman–Crippen MR) is 137 cm³/mol. The van der Waals surface area contributed by atoms with Gasteiger partial charge in [-0.25, -0.2) is 0 Å². The minimum atomic E-state index is -3.84. The van der Waals surface area contributed by atoms with Gasteiger partial charge in [0.05, 0.1) is 11.2 Å². The monoisotopic (exact) mass is 474 g/mol. The van der Waals surface area contributed by atoms with Crippen LogP contribution in [0.3, 0.4) is 0 Å². The van der Waals surface area contributed by atoms with Crippen LogP contribution in [0.5, 0.6) is 0 Å². The van der Waals surface area contributed by atoms with Crippen molar-refractivity contribution in [1.82, 2.24) is 4.40 Å². The molecule has 3 aromatic heterocycles. The van der Waals surface area contributed by atoms with Crippen LogP contribution in [0.4, 0.5) is 0 Å². The van der Waals surface area contributed by atoms with Crippen molar-refractivity contribution in [2.45, 2.75) is 37.3 Å². The highest BCUT2D eigenvalue weighted by atomic mass is 32.2. The predicted octanol–water partition coefficient (Wildman–Crippen LogP) is 6.74. The summed E-state index contributed by atoms with van der Waals surface area (Å²) >= 11 is 1.19. The molecule has 168 valence electrons. The number of hydrogen-bond donors (Lipinski definition) is 0. The summed E-state index contributed by atoms with van der Waals surface area (Å²) in [5, 5.41) is 1.76. The fourth-order valence-electron chi connectivity index (χ4n) is 4.63. The standard InChI is InChI=1S/C27H26N2O2S2/c1-19-13-15-21(16-14-19)25-20(2)27(29-17-7-6-11-23(25)29)26(22-9-4-3-5-10-22)28-33(30,31)24-12-8-18-32-24/h3-12,15,17-19H,13-14,16H2,1-2H3/t19-/m1/s1. The van der Waals surface area contributed by atoms with Gasteiger partial charge in [0, 0.05) is 17.3 Å². The van der Waals surface area contributed by atoms with E-state index in [-0.39, 0.29) is 4.21 Å². The van der Waals surface area contributed by atoms with Crippen molar-refractivity contribution >= 4 is 38.2 Å². The molecule has 0 fully saturated rings. The lowest BCUT2D eigenvalue weighted by molar-refractivity contribution is 0.534. The normalized spacial score (nSPS) is 17.3. The molecule has 4 nitrogen and oxygen atoms in total. The van der Waals surface area contributed by atoms with Crippen molar-refractivity contribution in [3.05, 3.63) is 101 Å². The first-order chi connectivity index (χ1) is 16.0. The Morgan fingerprint density at radius 3 is 2.55 bits per heavy atom. The van der Waals surface area contributed by atoms with E-state index in [4.69, 9.17) is 0 Å². The maximum Gasteiger partial charge on any atom is 0.292 e. The molecule has 0 unspecified atom stereocenters. The molecule has 3 heterocycles. The van der Waals surface area contributed by atoms with Crippen molar-refractivity contribution in [2.24, 2.45) is 10.3 Å². The lowest BCUT2D eigenvalue weighted by Crippen LogP contribution is -2.12. The van der Waals surface area contributed by atoms with E-state index in [1.165, 1.54) is 22.5 Å². The third-order valence-corrected chi connectivity index (χ3v) is 8.96. The number of rotatable bonds is 5. The first kappa shape index (κ1) is 21.9. The highest BCUT2D eigenvalue weighted by Crippen LogP contribution is 2.37. The summed E-state index contributed by atoms with van der Waals surface area (Å²) in [5.41, 5.74) is 6.77. The Kier molecular flexibility index (Phi) is 5.81. The Balaban J connectivity index is 1.80. The number of sulfonamides is 1. The average molecular weight is 475 g/mol. The van der Waals surface area contributed by atoms with Crippen molar-refractivity contribution in [3.63, 3.8) is 0 Å². The minimum absolute atomic E-state index is 0.249. The SMILES string of the molecule is Cc1c(C2=CC[C@@H](C)CC2)c2ccccn2c1C(=NS(=O)(=O)c1cccs1)c1ccccc1. The van der Waals surface area contributed by atoms with Crippen LogP contribution in [0, 0.1) is 12.8 Å². The molecule has 0 radical (unpaired) electrons.